The zero-order valence-corrected chi connectivity index (χ0v) is 21.9. The summed E-state index contributed by atoms with van der Waals surface area (Å²) in [6.07, 6.45) is 2.58. The van der Waals surface area contributed by atoms with Gasteiger partial charge >= 0.3 is 0 Å². The van der Waals surface area contributed by atoms with E-state index in [1.54, 1.807) is 12.1 Å². The van der Waals surface area contributed by atoms with Gasteiger partial charge in [-0.3, -0.25) is 9.79 Å². The van der Waals surface area contributed by atoms with Gasteiger partial charge < -0.3 is 24.4 Å². The molecular formula is C24H36IN5O2. The zero-order chi connectivity index (χ0) is 22.2. The van der Waals surface area contributed by atoms with Crippen molar-refractivity contribution in [1.29, 1.82) is 0 Å². The Morgan fingerprint density at radius 3 is 2.28 bits per heavy atom. The molecule has 1 N–H and O–H groups in total. The van der Waals surface area contributed by atoms with Gasteiger partial charge in [0.05, 0.1) is 18.8 Å². The number of aliphatic imine (C=N–C) groups is 1. The second-order valence-corrected chi connectivity index (χ2v) is 8.03. The van der Waals surface area contributed by atoms with Crippen molar-refractivity contribution in [3.63, 3.8) is 0 Å². The maximum absolute atomic E-state index is 12.5. The lowest BCUT2D eigenvalue weighted by Crippen LogP contribution is -2.53. The molecule has 1 amide bonds. The van der Waals surface area contributed by atoms with Crippen molar-refractivity contribution < 1.29 is 9.21 Å². The van der Waals surface area contributed by atoms with Gasteiger partial charge in [-0.15, -0.1) is 24.0 Å². The van der Waals surface area contributed by atoms with Crippen LogP contribution >= 0.6 is 24.0 Å². The Morgan fingerprint density at radius 2 is 1.75 bits per heavy atom. The smallest absolute Gasteiger partial charge is 0.289 e. The van der Waals surface area contributed by atoms with Crippen molar-refractivity contribution >= 4 is 35.8 Å². The summed E-state index contributed by atoms with van der Waals surface area (Å²) >= 11 is 0. The van der Waals surface area contributed by atoms with Crippen LogP contribution in [0, 0.1) is 0 Å². The van der Waals surface area contributed by atoms with Crippen LogP contribution in [0.25, 0.3) is 0 Å². The van der Waals surface area contributed by atoms with Gasteiger partial charge in [0.2, 0.25) is 0 Å². The third-order valence-corrected chi connectivity index (χ3v) is 5.74. The molecule has 32 heavy (non-hydrogen) atoms. The molecule has 2 aromatic rings. The Kier molecular flexibility index (Phi) is 10.5. The first kappa shape index (κ1) is 26.2. The lowest BCUT2D eigenvalue weighted by atomic mass is 10.0. The molecule has 1 aromatic heterocycles. The Morgan fingerprint density at radius 1 is 1.09 bits per heavy atom. The van der Waals surface area contributed by atoms with E-state index in [0.717, 1.165) is 32.0 Å². The summed E-state index contributed by atoms with van der Waals surface area (Å²) in [5.74, 6) is 1.26. The largest absolute Gasteiger partial charge is 0.459 e. The number of rotatable bonds is 7. The van der Waals surface area contributed by atoms with E-state index in [1.165, 1.54) is 17.4 Å². The maximum atomic E-state index is 12.5. The van der Waals surface area contributed by atoms with Crippen LogP contribution in [0.1, 0.15) is 41.6 Å². The number of halogens is 1. The summed E-state index contributed by atoms with van der Waals surface area (Å²) in [6.45, 7) is 8.53. The van der Waals surface area contributed by atoms with Crippen LogP contribution in [-0.4, -0.2) is 79.9 Å². The number of amides is 1. The molecule has 0 saturated carbocycles. The zero-order valence-electron chi connectivity index (χ0n) is 19.6. The molecule has 1 atom stereocenters. The van der Waals surface area contributed by atoms with Crippen molar-refractivity contribution in [2.24, 2.45) is 4.99 Å². The predicted octanol–water partition coefficient (Wildman–Crippen LogP) is 3.49. The fraction of sp³-hybridized carbons (Fsp3) is 0.500. The standard InChI is InChI=1S/C24H35N5O2.HI/c1-5-19-9-11-20(12-10-19)21(27(3)4)18-26-24(25-6-2)29-15-13-28(14-16-29)23(30)22-8-7-17-31-22;/h7-12,17,21H,5-6,13-16,18H2,1-4H3,(H,25,26);1H. The second kappa shape index (κ2) is 12.8. The van der Waals surface area contributed by atoms with E-state index >= 15 is 0 Å². The molecule has 0 aliphatic carbocycles. The van der Waals surface area contributed by atoms with E-state index in [4.69, 9.17) is 9.41 Å². The average molecular weight is 553 g/mol. The lowest BCUT2D eigenvalue weighted by Gasteiger charge is -2.36. The van der Waals surface area contributed by atoms with Crippen LogP contribution in [0.2, 0.25) is 0 Å². The topological polar surface area (TPSA) is 64.3 Å². The predicted molar refractivity (Wildman–Crippen MR) is 140 cm³/mol. The first-order valence-corrected chi connectivity index (χ1v) is 11.1. The Balaban J connectivity index is 0.00000363. The summed E-state index contributed by atoms with van der Waals surface area (Å²) in [5, 5.41) is 3.42. The van der Waals surface area contributed by atoms with Gasteiger partial charge in [0, 0.05) is 32.7 Å². The number of benzene rings is 1. The average Bonchev–Trinajstić information content (AvgIpc) is 3.33. The van der Waals surface area contributed by atoms with Crippen molar-refractivity contribution in [1.82, 2.24) is 20.0 Å². The highest BCUT2D eigenvalue weighted by atomic mass is 127. The highest BCUT2D eigenvalue weighted by Gasteiger charge is 2.25. The quantitative estimate of drug-likeness (QED) is 0.323. The van der Waals surface area contributed by atoms with E-state index < -0.39 is 0 Å². The Hall–Kier alpha value is -2.07. The van der Waals surface area contributed by atoms with Crippen LogP contribution in [0.15, 0.2) is 52.1 Å². The van der Waals surface area contributed by atoms with Crippen LogP contribution in [0.3, 0.4) is 0 Å². The van der Waals surface area contributed by atoms with Crippen LogP contribution in [0.5, 0.6) is 0 Å². The van der Waals surface area contributed by atoms with E-state index in [0.29, 0.717) is 25.4 Å². The first-order chi connectivity index (χ1) is 15.0. The van der Waals surface area contributed by atoms with E-state index in [1.807, 2.05) is 4.90 Å². The molecule has 1 aromatic carbocycles. The second-order valence-electron chi connectivity index (χ2n) is 8.03. The molecule has 1 unspecified atom stereocenters. The normalized spacial score (nSPS) is 15.5. The number of aryl methyl sites for hydroxylation is 1. The molecule has 1 fully saturated rings. The van der Waals surface area contributed by atoms with Gasteiger partial charge in [-0.05, 0) is 50.7 Å². The SMILES string of the molecule is CCNC(=NCC(c1ccc(CC)cc1)N(C)C)N1CCN(C(=O)c2ccco2)CC1.I. The third-order valence-electron chi connectivity index (χ3n) is 5.74. The highest BCUT2D eigenvalue weighted by Crippen LogP contribution is 2.20. The molecule has 0 spiro atoms. The molecule has 176 valence electrons. The van der Waals surface area contributed by atoms with Crippen molar-refractivity contribution in [3.8, 4) is 0 Å². The molecule has 8 heteroatoms. The van der Waals surface area contributed by atoms with Gasteiger partial charge in [0.15, 0.2) is 11.7 Å². The van der Waals surface area contributed by atoms with E-state index in [-0.39, 0.29) is 35.9 Å². The number of furan rings is 1. The number of piperazine rings is 1. The molecule has 1 saturated heterocycles. The summed E-state index contributed by atoms with van der Waals surface area (Å²) in [6, 6.07) is 12.5. The van der Waals surface area contributed by atoms with Gasteiger partial charge in [-0.25, -0.2) is 0 Å². The lowest BCUT2D eigenvalue weighted by molar-refractivity contribution is 0.0657. The van der Waals surface area contributed by atoms with Crippen LogP contribution < -0.4 is 5.32 Å². The monoisotopic (exact) mass is 553 g/mol. The van der Waals surface area contributed by atoms with E-state index in [9.17, 15) is 4.79 Å². The van der Waals surface area contributed by atoms with Crippen LogP contribution in [-0.2, 0) is 6.42 Å². The molecule has 3 rings (SSSR count). The molecule has 0 radical (unpaired) electrons. The number of carbonyl (C=O) groups is 1. The molecule has 0 bridgehead atoms. The highest BCUT2D eigenvalue weighted by molar-refractivity contribution is 14.0. The fourth-order valence-corrected chi connectivity index (χ4v) is 3.82. The number of hydrogen-bond acceptors (Lipinski definition) is 4. The van der Waals surface area contributed by atoms with Gasteiger partial charge in [0.1, 0.15) is 0 Å². The van der Waals surface area contributed by atoms with Crippen LogP contribution in [0.4, 0.5) is 0 Å². The molecule has 7 nitrogen and oxygen atoms in total. The van der Waals surface area contributed by atoms with Crippen molar-refractivity contribution in [2.75, 3.05) is 53.4 Å². The molecule has 2 heterocycles. The fourth-order valence-electron chi connectivity index (χ4n) is 3.82. The summed E-state index contributed by atoms with van der Waals surface area (Å²) in [7, 11) is 4.19. The number of carbonyl (C=O) groups excluding carboxylic acids is 1. The Labute approximate surface area is 208 Å². The number of guanidine groups is 1. The molecular weight excluding hydrogens is 517 g/mol. The minimum atomic E-state index is -0.0465. The Bertz CT molecular complexity index is 844. The third kappa shape index (κ3) is 6.71. The maximum Gasteiger partial charge on any atom is 0.289 e. The van der Waals surface area contributed by atoms with Crippen molar-refractivity contribution in [2.45, 2.75) is 26.3 Å². The summed E-state index contributed by atoms with van der Waals surface area (Å²) < 4.78 is 5.26. The minimum Gasteiger partial charge on any atom is -0.459 e. The van der Waals surface area contributed by atoms with Gasteiger partial charge in [-0.2, -0.15) is 0 Å². The van der Waals surface area contributed by atoms with Gasteiger partial charge in [0.25, 0.3) is 5.91 Å². The number of hydrogen-bond donors (Lipinski definition) is 1. The molecule has 1 aliphatic heterocycles. The summed E-state index contributed by atoms with van der Waals surface area (Å²) in [5.41, 5.74) is 2.62. The summed E-state index contributed by atoms with van der Waals surface area (Å²) in [4.78, 5) is 23.8. The van der Waals surface area contributed by atoms with E-state index in [2.05, 4.69) is 67.3 Å². The van der Waals surface area contributed by atoms with Crippen molar-refractivity contribution in [3.05, 3.63) is 59.5 Å². The molecule has 1 aliphatic rings. The van der Waals surface area contributed by atoms with Gasteiger partial charge in [-0.1, -0.05) is 31.2 Å². The minimum absolute atomic E-state index is 0. The number of nitrogens with one attached hydrogen (secondary N) is 1. The number of likely N-dealkylation sites (N-methyl/N-ethyl adjacent to an activating group) is 1. The number of nitrogens with zero attached hydrogens (tertiary/aromatic N) is 4. The first-order valence-electron chi connectivity index (χ1n) is 11.1.